The number of carbonyl (C=O) groups is 1. The lowest BCUT2D eigenvalue weighted by Gasteiger charge is -2.40. The van der Waals surface area contributed by atoms with E-state index in [4.69, 9.17) is 9.47 Å². The smallest absolute Gasteiger partial charge is 0.166 e. The van der Waals surface area contributed by atoms with E-state index in [-0.39, 0.29) is 11.4 Å². The first-order chi connectivity index (χ1) is 10.2. The molecule has 0 saturated heterocycles. The van der Waals surface area contributed by atoms with Crippen molar-refractivity contribution in [2.45, 2.75) is 31.3 Å². The molecule has 1 aliphatic carbocycles. The number of fused-ring (bicyclic) bond motifs is 1. The number of ether oxygens (including phenoxy) is 2. The molecular formula is C18H20O3. The average Bonchev–Trinajstić information content (AvgIpc) is 2.49. The Kier molecular flexibility index (Phi) is 3.68. The Bertz CT molecular complexity index is 666. The topological polar surface area (TPSA) is 35.5 Å². The molecule has 110 valence electrons. The minimum Gasteiger partial charge on any atom is -0.496 e. The number of Topliss-reactive ketones (excluding diaryl/α,β-unsaturated/α-hetero) is 1. The van der Waals surface area contributed by atoms with Crippen LogP contribution >= 0.6 is 0 Å². The van der Waals surface area contributed by atoms with Gasteiger partial charge in [-0.1, -0.05) is 24.3 Å². The summed E-state index contributed by atoms with van der Waals surface area (Å²) >= 11 is 0. The van der Waals surface area contributed by atoms with Gasteiger partial charge in [0.05, 0.1) is 12.7 Å². The molecule has 2 aromatic rings. The van der Waals surface area contributed by atoms with Crippen LogP contribution in [0.3, 0.4) is 0 Å². The minimum atomic E-state index is -0.238. The van der Waals surface area contributed by atoms with Crippen molar-refractivity contribution in [3.05, 3.63) is 42.0 Å². The number of hydrogen-bond donors (Lipinski definition) is 0. The first kappa shape index (κ1) is 14.1. The number of methoxy groups -OCH3 is 2. The highest BCUT2D eigenvalue weighted by atomic mass is 16.5. The number of ketones is 1. The van der Waals surface area contributed by atoms with Crippen molar-refractivity contribution in [3.8, 4) is 5.75 Å². The zero-order valence-corrected chi connectivity index (χ0v) is 12.5. The molecule has 0 spiro atoms. The van der Waals surface area contributed by atoms with Crippen LogP contribution in [0.2, 0.25) is 0 Å². The van der Waals surface area contributed by atoms with Crippen LogP contribution in [0, 0.1) is 0 Å². The second kappa shape index (κ2) is 5.49. The van der Waals surface area contributed by atoms with Crippen molar-refractivity contribution in [3.63, 3.8) is 0 Å². The zero-order valence-electron chi connectivity index (χ0n) is 12.5. The number of rotatable bonds is 5. The van der Waals surface area contributed by atoms with Gasteiger partial charge in [-0.05, 0) is 36.8 Å². The van der Waals surface area contributed by atoms with E-state index in [0.717, 1.165) is 41.3 Å². The lowest BCUT2D eigenvalue weighted by molar-refractivity contribution is -0.0704. The first-order valence-electron chi connectivity index (χ1n) is 7.33. The summed E-state index contributed by atoms with van der Waals surface area (Å²) in [5.74, 6) is 0.947. The van der Waals surface area contributed by atoms with Crippen LogP contribution in [0.4, 0.5) is 0 Å². The Balaban J connectivity index is 1.99. The highest BCUT2D eigenvalue weighted by Crippen LogP contribution is 2.39. The van der Waals surface area contributed by atoms with Crippen LogP contribution in [0.25, 0.3) is 10.8 Å². The molecule has 0 aliphatic heterocycles. The quantitative estimate of drug-likeness (QED) is 0.779. The molecule has 0 N–H and O–H groups in total. The Morgan fingerprint density at radius 2 is 1.81 bits per heavy atom. The Labute approximate surface area is 124 Å². The summed E-state index contributed by atoms with van der Waals surface area (Å²) in [5.41, 5.74) is 0.521. The van der Waals surface area contributed by atoms with E-state index in [9.17, 15) is 4.79 Å². The number of hydrogen-bond acceptors (Lipinski definition) is 3. The van der Waals surface area contributed by atoms with E-state index < -0.39 is 0 Å². The maximum absolute atomic E-state index is 12.7. The van der Waals surface area contributed by atoms with E-state index in [1.165, 1.54) is 0 Å². The van der Waals surface area contributed by atoms with E-state index in [1.54, 1.807) is 14.2 Å². The van der Waals surface area contributed by atoms with E-state index in [0.29, 0.717) is 6.42 Å². The molecule has 0 unspecified atom stereocenters. The highest BCUT2D eigenvalue weighted by Gasteiger charge is 2.39. The van der Waals surface area contributed by atoms with Crippen LogP contribution < -0.4 is 4.74 Å². The van der Waals surface area contributed by atoms with Crippen LogP contribution in [0.1, 0.15) is 36.0 Å². The van der Waals surface area contributed by atoms with Crippen molar-refractivity contribution in [1.29, 1.82) is 0 Å². The van der Waals surface area contributed by atoms with Gasteiger partial charge >= 0.3 is 0 Å². The fraction of sp³-hybridized carbons (Fsp3) is 0.389. The van der Waals surface area contributed by atoms with Gasteiger partial charge in [-0.3, -0.25) is 4.79 Å². The molecule has 21 heavy (non-hydrogen) atoms. The monoisotopic (exact) mass is 284 g/mol. The van der Waals surface area contributed by atoms with Gasteiger partial charge in [0.2, 0.25) is 0 Å². The summed E-state index contributed by atoms with van der Waals surface area (Å²) in [4.78, 5) is 12.7. The third-order valence-corrected chi connectivity index (χ3v) is 4.58. The molecule has 2 aromatic carbocycles. The molecule has 1 saturated carbocycles. The van der Waals surface area contributed by atoms with E-state index in [2.05, 4.69) is 0 Å². The predicted molar refractivity (Wildman–Crippen MR) is 83.0 cm³/mol. The van der Waals surface area contributed by atoms with Crippen molar-refractivity contribution in [1.82, 2.24) is 0 Å². The number of carbonyl (C=O) groups excluding carboxylic acids is 1. The summed E-state index contributed by atoms with van der Waals surface area (Å²) in [5, 5.41) is 1.93. The van der Waals surface area contributed by atoms with Crippen molar-refractivity contribution < 1.29 is 14.3 Å². The SMILES string of the molecule is COc1ccc(C(=O)CC2(OC)CCC2)c2ccccc12. The normalized spacial score (nSPS) is 16.5. The van der Waals surface area contributed by atoms with E-state index >= 15 is 0 Å². The Hall–Kier alpha value is -1.87. The summed E-state index contributed by atoms with van der Waals surface area (Å²) in [6, 6.07) is 11.6. The van der Waals surface area contributed by atoms with Gasteiger partial charge in [0.15, 0.2) is 5.78 Å². The van der Waals surface area contributed by atoms with Gasteiger partial charge in [0, 0.05) is 24.5 Å². The Morgan fingerprint density at radius 1 is 1.10 bits per heavy atom. The molecular weight excluding hydrogens is 264 g/mol. The van der Waals surface area contributed by atoms with Gasteiger partial charge < -0.3 is 9.47 Å². The molecule has 1 fully saturated rings. The van der Waals surface area contributed by atoms with Crippen LogP contribution in [0.15, 0.2) is 36.4 Å². The minimum absolute atomic E-state index is 0.149. The van der Waals surface area contributed by atoms with Gasteiger partial charge in [-0.2, -0.15) is 0 Å². The molecule has 3 heteroatoms. The van der Waals surface area contributed by atoms with Crippen LogP contribution in [-0.4, -0.2) is 25.6 Å². The third kappa shape index (κ3) is 2.42. The molecule has 0 atom stereocenters. The highest BCUT2D eigenvalue weighted by molar-refractivity contribution is 6.09. The standard InChI is InChI=1S/C18H20O3/c1-20-17-9-8-14(13-6-3-4-7-15(13)17)16(19)12-18(21-2)10-5-11-18/h3-4,6-9H,5,10-12H2,1-2H3. The van der Waals surface area contributed by atoms with Gasteiger partial charge in [0.1, 0.15) is 5.75 Å². The maximum Gasteiger partial charge on any atom is 0.166 e. The summed E-state index contributed by atoms with van der Waals surface area (Å²) in [6.45, 7) is 0. The fourth-order valence-electron chi connectivity index (χ4n) is 3.10. The van der Waals surface area contributed by atoms with Crippen LogP contribution in [-0.2, 0) is 4.74 Å². The van der Waals surface area contributed by atoms with Crippen LogP contribution in [0.5, 0.6) is 5.75 Å². The zero-order chi connectivity index (χ0) is 14.9. The second-order valence-corrected chi connectivity index (χ2v) is 5.70. The molecule has 0 aromatic heterocycles. The maximum atomic E-state index is 12.7. The van der Waals surface area contributed by atoms with E-state index in [1.807, 2.05) is 36.4 Å². The third-order valence-electron chi connectivity index (χ3n) is 4.58. The lowest BCUT2D eigenvalue weighted by Crippen LogP contribution is -2.41. The summed E-state index contributed by atoms with van der Waals surface area (Å²) < 4.78 is 11.0. The van der Waals surface area contributed by atoms with Gasteiger partial charge in [-0.25, -0.2) is 0 Å². The molecule has 3 nitrogen and oxygen atoms in total. The first-order valence-corrected chi connectivity index (χ1v) is 7.33. The molecule has 0 amide bonds. The van der Waals surface area contributed by atoms with Crippen molar-refractivity contribution in [2.24, 2.45) is 0 Å². The molecule has 1 aliphatic rings. The average molecular weight is 284 g/mol. The summed E-state index contributed by atoms with van der Waals surface area (Å²) in [6.07, 6.45) is 3.55. The predicted octanol–water partition coefficient (Wildman–Crippen LogP) is 3.99. The van der Waals surface area contributed by atoms with Crippen molar-refractivity contribution >= 4 is 16.6 Å². The van der Waals surface area contributed by atoms with Gasteiger partial charge in [-0.15, -0.1) is 0 Å². The molecule has 0 bridgehead atoms. The molecule has 0 heterocycles. The fourth-order valence-corrected chi connectivity index (χ4v) is 3.10. The Morgan fingerprint density at radius 3 is 2.38 bits per heavy atom. The lowest BCUT2D eigenvalue weighted by atomic mass is 9.75. The largest absolute Gasteiger partial charge is 0.496 e. The molecule has 0 radical (unpaired) electrons. The van der Waals surface area contributed by atoms with Crippen molar-refractivity contribution in [2.75, 3.05) is 14.2 Å². The van der Waals surface area contributed by atoms with Gasteiger partial charge in [0.25, 0.3) is 0 Å². The number of benzene rings is 2. The second-order valence-electron chi connectivity index (χ2n) is 5.70. The summed E-state index contributed by atoms with van der Waals surface area (Å²) in [7, 11) is 3.36. The molecule has 3 rings (SSSR count).